The Bertz CT molecular complexity index is 1140. The second-order valence-corrected chi connectivity index (χ2v) is 5.79. The maximum Gasteiger partial charge on any atom is 0.471 e. The van der Waals surface area contributed by atoms with Crippen molar-refractivity contribution < 1.29 is 18.0 Å². The molecule has 9 heteroatoms. The topological polar surface area (TPSA) is 72.2 Å². The number of nitrogens with zero attached hydrogens (tertiary/aromatic N) is 4. The molecule has 4 rings (SSSR count). The third kappa shape index (κ3) is 3.07. The minimum Gasteiger partial charge on any atom is -0.341 e. The van der Waals surface area contributed by atoms with Gasteiger partial charge in [0.1, 0.15) is 0 Å². The standard InChI is InChI=1S/C18H12F3N5O/c19-18(20,21)17(27)22-10-14-23-24-16-13-9-5-4-8-12(13)15(25-26(14)16)11-6-2-1-3-7-11/h1-9H,10H2,(H,22,27). The third-order valence-electron chi connectivity index (χ3n) is 4.04. The van der Waals surface area contributed by atoms with E-state index in [1.54, 1.807) is 5.32 Å². The van der Waals surface area contributed by atoms with E-state index in [1.807, 2.05) is 54.6 Å². The van der Waals surface area contributed by atoms with E-state index in [4.69, 9.17) is 0 Å². The number of benzene rings is 2. The van der Waals surface area contributed by atoms with E-state index in [0.29, 0.717) is 11.3 Å². The van der Waals surface area contributed by atoms with Crippen molar-refractivity contribution in [3.8, 4) is 11.3 Å². The fourth-order valence-electron chi connectivity index (χ4n) is 2.80. The summed E-state index contributed by atoms with van der Waals surface area (Å²) < 4.78 is 38.6. The number of halogens is 3. The predicted molar refractivity (Wildman–Crippen MR) is 91.6 cm³/mol. The Balaban J connectivity index is 1.85. The molecule has 0 aliphatic heterocycles. The van der Waals surface area contributed by atoms with Gasteiger partial charge in [-0.1, -0.05) is 54.6 Å². The van der Waals surface area contributed by atoms with Gasteiger partial charge < -0.3 is 5.32 Å². The molecule has 1 amide bonds. The molecule has 0 saturated carbocycles. The molecule has 0 radical (unpaired) electrons. The Labute approximate surface area is 150 Å². The maximum absolute atomic E-state index is 12.4. The average molecular weight is 371 g/mol. The third-order valence-corrected chi connectivity index (χ3v) is 4.04. The van der Waals surface area contributed by atoms with E-state index in [0.717, 1.165) is 16.3 Å². The maximum atomic E-state index is 12.4. The van der Waals surface area contributed by atoms with Crippen LogP contribution in [0.4, 0.5) is 13.2 Å². The van der Waals surface area contributed by atoms with E-state index < -0.39 is 18.6 Å². The Morgan fingerprint density at radius 1 is 0.963 bits per heavy atom. The summed E-state index contributed by atoms with van der Waals surface area (Å²) in [6, 6.07) is 16.8. The molecule has 0 fully saturated rings. The molecule has 0 aliphatic rings. The van der Waals surface area contributed by atoms with Gasteiger partial charge in [0.2, 0.25) is 0 Å². The lowest BCUT2D eigenvalue weighted by Crippen LogP contribution is -2.36. The molecular weight excluding hydrogens is 359 g/mol. The molecule has 0 saturated heterocycles. The lowest BCUT2D eigenvalue weighted by atomic mass is 10.1. The Morgan fingerprint density at radius 2 is 1.63 bits per heavy atom. The summed E-state index contributed by atoms with van der Waals surface area (Å²) in [7, 11) is 0. The number of hydrogen-bond acceptors (Lipinski definition) is 4. The van der Waals surface area contributed by atoms with Crippen LogP contribution in [0.25, 0.3) is 27.7 Å². The second kappa shape index (κ2) is 6.35. The number of carbonyl (C=O) groups is 1. The highest BCUT2D eigenvalue weighted by molar-refractivity contribution is 6.01. The first-order chi connectivity index (χ1) is 12.9. The van der Waals surface area contributed by atoms with Crippen molar-refractivity contribution in [2.45, 2.75) is 12.7 Å². The smallest absolute Gasteiger partial charge is 0.341 e. The highest BCUT2D eigenvalue weighted by Crippen LogP contribution is 2.28. The zero-order chi connectivity index (χ0) is 19.0. The van der Waals surface area contributed by atoms with Gasteiger partial charge in [0.05, 0.1) is 12.2 Å². The summed E-state index contributed by atoms with van der Waals surface area (Å²) in [6.07, 6.45) is -4.96. The number of aromatic nitrogens is 4. The van der Waals surface area contributed by atoms with Crippen LogP contribution >= 0.6 is 0 Å². The Morgan fingerprint density at radius 3 is 2.33 bits per heavy atom. The number of hydrogen-bond donors (Lipinski definition) is 1. The quantitative estimate of drug-likeness (QED) is 0.601. The van der Waals surface area contributed by atoms with Crippen LogP contribution in [-0.2, 0) is 11.3 Å². The Hall–Kier alpha value is -3.49. The van der Waals surface area contributed by atoms with Crippen molar-refractivity contribution >= 4 is 22.3 Å². The van der Waals surface area contributed by atoms with E-state index >= 15 is 0 Å². The molecule has 1 N–H and O–H groups in total. The van der Waals surface area contributed by atoms with Crippen molar-refractivity contribution in [2.75, 3.05) is 0 Å². The van der Waals surface area contributed by atoms with Gasteiger partial charge in [-0.2, -0.15) is 22.8 Å². The number of rotatable bonds is 3. The summed E-state index contributed by atoms with van der Waals surface area (Å²) in [5.41, 5.74) is 1.89. The largest absolute Gasteiger partial charge is 0.471 e. The molecule has 4 aromatic rings. The minimum atomic E-state index is -4.96. The molecule has 0 spiro atoms. The number of amides is 1. The van der Waals surface area contributed by atoms with Gasteiger partial charge in [0.25, 0.3) is 0 Å². The summed E-state index contributed by atoms with van der Waals surface area (Å²) >= 11 is 0. The van der Waals surface area contributed by atoms with Gasteiger partial charge in [-0.3, -0.25) is 4.79 Å². The van der Waals surface area contributed by atoms with Crippen LogP contribution in [0, 0.1) is 0 Å². The van der Waals surface area contributed by atoms with Crippen molar-refractivity contribution in [2.24, 2.45) is 0 Å². The zero-order valence-electron chi connectivity index (χ0n) is 13.7. The van der Waals surface area contributed by atoms with E-state index in [2.05, 4.69) is 15.3 Å². The molecule has 2 heterocycles. The van der Waals surface area contributed by atoms with Gasteiger partial charge in [0.15, 0.2) is 11.5 Å². The first kappa shape index (κ1) is 17.0. The van der Waals surface area contributed by atoms with Crippen LogP contribution < -0.4 is 5.32 Å². The molecule has 6 nitrogen and oxygen atoms in total. The van der Waals surface area contributed by atoms with E-state index in [1.165, 1.54) is 4.52 Å². The number of fused-ring (bicyclic) bond motifs is 3. The molecule has 0 bridgehead atoms. The summed E-state index contributed by atoms with van der Waals surface area (Å²) in [5.74, 6) is -1.94. The fourth-order valence-corrected chi connectivity index (χ4v) is 2.80. The van der Waals surface area contributed by atoms with Crippen LogP contribution in [-0.4, -0.2) is 31.9 Å². The van der Waals surface area contributed by atoms with Crippen LogP contribution in [0.3, 0.4) is 0 Å². The van der Waals surface area contributed by atoms with Gasteiger partial charge in [-0.15, -0.1) is 10.2 Å². The monoisotopic (exact) mass is 371 g/mol. The summed E-state index contributed by atoms with van der Waals surface area (Å²) in [4.78, 5) is 11.1. The molecule has 0 aliphatic carbocycles. The van der Waals surface area contributed by atoms with E-state index in [-0.39, 0.29) is 5.82 Å². The van der Waals surface area contributed by atoms with Gasteiger partial charge >= 0.3 is 12.1 Å². The minimum absolute atomic E-state index is 0.102. The highest BCUT2D eigenvalue weighted by atomic mass is 19.4. The lowest BCUT2D eigenvalue weighted by Gasteiger charge is -2.09. The first-order valence-electron chi connectivity index (χ1n) is 7.98. The number of nitrogens with one attached hydrogen (secondary N) is 1. The zero-order valence-corrected chi connectivity index (χ0v) is 13.7. The normalized spacial score (nSPS) is 11.8. The van der Waals surface area contributed by atoms with Crippen molar-refractivity contribution in [3.05, 3.63) is 60.4 Å². The SMILES string of the molecule is O=C(NCc1nnc2c3ccccc3c(-c3ccccc3)nn12)C(F)(F)F. The number of carbonyl (C=O) groups excluding carboxylic acids is 1. The van der Waals surface area contributed by atoms with E-state index in [9.17, 15) is 18.0 Å². The van der Waals surface area contributed by atoms with Crippen LogP contribution in [0.1, 0.15) is 5.82 Å². The summed E-state index contributed by atoms with van der Waals surface area (Å²) in [5, 5.41) is 15.9. The second-order valence-electron chi connectivity index (χ2n) is 5.79. The van der Waals surface area contributed by atoms with Crippen LogP contribution in [0.5, 0.6) is 0 Å². The molecule has 2 aromatic carbocycles. The van der Waals surface area contributed by atoms with Crippen LogP contribution in [0.15, 0.2) is 54.6 Å². The summed E-state index contributed by atoms with van der Waals surface area (Å²) in [6.45, 7) is -0.445. The molecule has 0 unspecified atom stereocenters. The fraction of sp³-hybridized carbons (Fsp3) is 0.111. The molecule has 27 heavy (non-hydrogen) atoms. The average Bonchev–Trinajstić information content (AvgIpc) is 3.08. The van der Waals surface area contributed by atoms with Crippen molar-refractivity contribution in [1.29, 1.82) is 0 Å². The van der Waals surface area contributed by atoms with Gasteiger partial charge in [-0.25, -0.2) is 0 Å². The number of alkyl halides is 3. The lowest BCUT2D eigenvalue weighted by molar-refractivity contribution is -0.173. The highest BCUT2D eigenvalue weighted by Gasteiger charge is 2.38. The van der Waals surface area contributed by atoms with Crippen LogP contribution in [0.2, 0.25) is 0 Å². The molecular formula is C18H12F3N5O. The van der Waals surface area contributed by atoms with Crippen molar-refractivity contribution in [3.63, 3.8) is 0 Å². The Kier molecular flexibility index (Phi) is 3.98. The van der Waals surface area contributed by atoms with Gasteiger partial charge in [-0.05, 0) is 0 Å². The molecule has 0 atom stereocenters. The van der Waals surface area contributed by atoms with Gasteiger partial charge in [0, 0.05) is 16.3 Å². The first-order valence-corrected chi connectivity index (χ1v) is 7.98. The predicted octanol–water partition coefficient (Wildman–Crippen LogP) is 3.12. The molecule has 2 aromatic heterocycles. The molecule has 136 valence electrons. The van der Waals surface area contributed by atoms with Crippen molar-refractivity contribution in [1.82, 2.24) is 25.1 Å².